The Labute approximate surface area is 113 Å². The molecule has 2 aliphatic rings. The lowest BCUT2D eigenvalue weighted by atomic mass is 9.81. The summed E-state index contributed by atoms with van der Waals surface area (Å²) in [5.74, 6) is -0.736. The van der Waals surface area contributed by atoms with Gasteiger partial charge >= 0.3 is 6.18 Å². The topological polar surface area (TPSA) is 23.5 Å². The van der Waals surface area contributed by atoms with Crippen LogP contribution in [-0.4, -0.2) is 41.9 Å². The van der Waals surface area contributed by atoms with E-state index in [1.807, 2.05) is 4.90 Å². The Morgan fingerprint density at radius 3 is 2.32 bits per heavy atom. The van der Waals surface area contributed by atoms with Crippen molar-refractivity contribution in [2.45, 2.75) is 63.3 Å². The first-order chi connectivity index (χ1) is 8.88. The van der Waals surface area contributed by atoms with Crippen LogP contribution in [0.3, 0.4) is 0 Å². The Balaban J connectivity index is 1.99. The molecule has 0 aliphatic heterocycles. The van der Waals surface area contributed by atoms with Crippen molar-refractivity contribution in [2.24, 2.45) is 11.8 Å². The van der Waals surface area contributed by atoms with Crippen molar-refractivity contribution >= 4 is 0 Å². The minimum atomic E-state index is -4.14. The zero-order valence-electron chi connectivity index (χ0n) is 11.5. The second-order valence-electron chi connectivity index (χ2n) is 6.27. The van der Waals surface area contributed by atoms with Crippen molar-refractivity contribution in [3.63, 3.8) is 0 Å². The standard InChI is InChI=1S/C14H24F3NO/c1-18(9-10-4-2-3-5-10)13-8-11(19)6-7-12(13)14(15,16)17/h10-13,19H,2-9H2,1H3. The molecule has 0 bridgehead atoms. The molecule has 0 amide bonds. The van der Waals surface area contributed by atoms with E-state index in [9.17, 15) is 18.3 Å². The van der Waals surface area contributed by atoms with Gasteiger partial charge in [0.1, 0.15) is 0 Å². The highest BCUT2D eigenvalue weighted by molar-refractivity contribution is 4.90. The van der Waals surface area contributed by atoms with E-state index in [0.717, 1.165) is 19.4 Å². The summed E-state index contributed by atoms with van der Waals surface area (Å²) in [6.45, 7) is 0.740. The predicted molar refractivity (Wildman–Crippen MR) is 67.8 cm³/mol. The Hall–Kier alpha value is -0.290. The van der Waals surface area contributed by atoms with Crippen LogP contribution in [0.1, 0.15) is 44.9 Å². The number of aliphatic hydroxyl groups excluding tert-OH is 1. The van der Waals surface area contributed by atoms with Gasteiger partial charge in [-0.1, -0.05) is 12.8 Å². The summed E-state index contributed by atoms with van der Waals surface area (Å²) in [6, 6.07) is -0.552. The smallest absolute Gasteiger partial charge is 0.393 e. The molecule has 2 fully saturated rings. The van der Waals surface area contributed by atoms with Crippen LogP contribution in [0, 0.1) is 11.8 Å². The monoisotopic (exact) mass is 279 g/mol. The third kappa shape index (κ3) is 3.85. The van der Waals surface area contributed by atoms with Crippen molar-refractivity contribution in [3.05, 3.63) is 0 Å². The molecular formula is C14H24F3NO. The molecule has 0 radical (unpaired) electrons. The van der Waals surface area contributed by atoms with Crippen molar-refractivity contribution in [2.75, 3.05) is 13.6 Å². The number of hydrogen-bond donors (Lipinski definition) is 1. The van der Waals surface area contributed by atoms with Gasteiger partial charge in [-0.25, -0.2) is 0 Å². The molecule has 2 nitrogen and oxygen atoms in total. The highest BCUT2D eigenvalue weighted by Crippen LogP contribution is 2.40. The van der Waals surface area contributed by atoms with Crippen LogP contribution in [0.4, 0.5) is 13.2 Å². The summed E-state index contributed by atoms with van der Waals surface area (Å²) in [5, 5.41) is 9.68. The first-order valence-corrected chi connectivity index (χ1v) is 7.33. The summed E-state index contributed by atoms with van der Waals surface area (Å²) in [4.78, 5) is 1.86. The fraction of sp³-hybridized carbons (Fsp3) is 1.00. The van der Waals surface area contributed by atoms with Crippen LogP contribution in [-0.2, 0) is 0 Å². The maximum Gasteiger partial charge on any atom is 0.393 e. The number of hydrogen-bond acceptors (Lipinski definition) is 2. The van der Waals surface area contributed by atoms with Crippen LogP contribution in [0.2, 0.25) is 0 Å². The zero-order chi connectivity index (χ0) is 14.0. The molecule has 0 aromatic rings. The van der Waals surface area contributed by atoms with Gasteiger partial charge in [-0.2, -0.15) is 13.2 Å². The van der Waals surface area contributed by atoms with E-state index in [1.165, 1.54) is 12.8 Å². The third-order valence-electron chi connectivity index (χ3n) is 4.80. The van der Waals surface area contributed by atoms with Gasteiger partial charge < -0.3 is 10.0 Å². The largest absolute Gasteiger partial charge is 0.393 e. The van der Waals surface area contributed by atoms with E-state index in [-0.39, 0.29) is 19.3 Å². The maximum absolute atomic E-state index is 13.1. The Morgan fingerprint density at radius 1 is 1.11 bits per heavy atom. The van der Waals surface area contributed by atoms with E-state index in [1.54, 1.807) is 7.05 Å². The summed E-state index contributed by atoms with van der Waals surface area (Å²) < 4.78 is 39.3. The molecule has 0 heterocycles. The molecule has 0 saturated heterocycles. The van der Waals surface area contributed by atoms with E-state index in [4.69, 9.17) is 0 Å². The van der Waals surface area contributed by atoms with Crippen LogP contribution >= 0.6 is 0 Å². The first kappa shape index (κ1) is 15.1. The lowest BCUT2D eigenvalue weighted by molar-refractivity contribution is -0.204. The minimum Gasteiger partial charge on any atom is -0.393 e. The SMILES string of the molecule is CN(CC1CCCC1)C1CC(O)CCC1C(F)(F)F. The molecule has 2 saturated carbocycles. The van der Waals surface area contributed by atoms with Gasteiger partial charge in [0.25, 0.3) is 0 Å². The molecular weight excluding hydrogens is 255 g/mol. The van der Waals surface area contributed by atoms with Gasteiger partial charge in [-0.05, 0) is 45.1 Å². The summed E-state index contributed by atoms with van der Waals surface area (Å²) in [7, 11) is 1.79. The van der Waals surface area contributed by atoms with Gasteiger partial charge in [-0.3, -0.25) is 0 Å². The molecule has 5 heteroatoms. The Kier molecular flexibility index (Phi) is 4.77. The average molecular weight is 279 g/mol. The van der Waals surface area contributed by atoms with Crippen LogP contribution in [0.5, 0.6) is 0 Å². The molecule has 2 aliphatic carbocycles. The lowest BCUT2D eigenvalue weighted by Gasteiger charge is -2.41. The van der Waals surface area contributed by atoms with E-state index < -0.39 is 24.2 Å². The molecule has 1 N–H and O–H groups in total. The maximum atomic E-state index is 13.1. The van der Waals surface area contributed by atoms with Gasteiger partial charge in [0.2, 0.25) is 0 Å². The third-order valence-corrected chi connectivity index (χ3v) is 4.80. The molecule has 3 unspecified atom stereocenters. The number of nitrogens with zero attached hydrogens (tertiary/aromatic N) is 1. The van der Waals surface area contributed by atoms with Crippen molar-refractivity contribution < 1.29 is 18.3 Å². The minimum absolute atomic E-state index is 0.0599. The van der Waals surface area contributed by atoms with Crippen molar-refractivity contribution in [3.8, 4) is 0 Å². The van der Waals surface area contributed by atoms with Gasteiger partial charge in [0.05, 0.1) is 12.0 Å². The summed E-state index contributed by atoms with van der Waals surface area (Å²) in [6.07, 6.45) is 0.551. The number of rotatable bonds is 3. The van der Waals surface area contributed by atoms with Gasteiger partial charge in [0, 0.05) is 12.6 Å². The quantitative estimate of drug-likeness (QED) is 0.857. The van der Waals surface area contributed by atoms with Crippen molar-refractivity contribution in [1.29, 1.82) is 0 Å². The van der Waals surface area contributed by atoms with Crippen LogP contribution < -0.4 is 0 Å². The molecule has 2 rings (SSSR count). The molecule has 19 heavy (non-hydrogen) atoms. The molecule has 112 valence electrons. The molecule has 3 atom stereocenters. The normalized spacial score (nSPS) is 34.1. The van der Waals surface area contributed by atoms with E-state index >= 15 is 0 Å². The van der Waals surface area contributed by atoms with Crippen LogP contribution in [0.25, 0.3) is 0 Å². The van der Waals surface area contributed by atoms with Gasteiger partial charge in [0.15, 0.2) is 0 Å². The lowest BCUT2D eigenvalue weighted by Crippen LogP contribution is -2.50. The van der Waals surface area contributed by atoms with Crippen LogP contribution in [0.15, 0.2) is 0 Å². The number of alkyl halides is 3. The second-order valence-corrected chi connectivity index (χ2v) is 6.27. The molecule has 0 aromatic heterocycles. The first-order valence-electron chi connectivity index (χ1n) is 7.33. The summed E-state index contributed by atoms with van der Waals surface area (Å²) >= 11 is 0. The predicted octanol–water partition coefficient (Wildman–Crippen LogP) is 3.20. The van der Waals surface area contributed by atoms with E-state index in [0.29, 0.717) is 5.92 Å². The van der Waals surface area contributed by atoms with E-state index in [2.05, 4.69) is 0 Å². The Morgan fingerprint density at radius 2 is 1.74 bits per heavy atom. The summed E-state index contributed by atoms with van der Waals surface area (Å²) in [5.41, 5.74) is 0. The highest BCUT2D eigenvalue weighted by atomic mass is 19.4. The number of halogens is 3. The fourth-order valence-electron chi connectivity index (χ4n) is 3.73. The van der Waals surface area contributed by atoms with Crippen molar-refractivity contribution in [1.82, 2.24) is 4.90 Å². The molecule has 0 spiro atoms. The zero-order valence-corrected chi connectivity index (χ0v) is 11.5. The Bertz CT molecular complexity index is 289. The molecule has 0 aromatic carbocycles. The average Bonchev–Trinajstić information content (AvgIpc) is 2.80. The fourth-order valence-corrected chi connectivity index (χ4v) is 3.73. The number of aliphatic hydroxyl groups is 1. The highest BCUT2D eigenvalue weighted by Gasteiger charge is 2.48. The van der Waals surface area contributed by atoms with Gasteiger partial charge in [-0.15, -0.1) is 0 Å². The second kappa shape index (κ2) is 6.00.